The fourth-order valence-corrected chi connectivity index (χ4v) is 3.36. The Bertz CT molecular complexity index is 702. The normalized spacial score (nSPS) is 16.3. The van der Waals surface area contributed by atoms with Gasteiger partial charge >= 0.3 is 5.97 Å². The van der Waals surface area contributed by atoms with Gasteiger partial charge in [0.2, 0.25) is 0 Å². The number of aliphatic carboxylic acids is 1. The molecular formula is C17H22N2O2. The fourth-order valence-electron chi connectivity index (χ4n) is 3.36. The Morgan fingerprint density at radius 2 is 1.95 bits per heavy atom. The third kappa shape index (κ3) is 2.44. The number of hydrogen-bond acceptors (Lipinski definition) is 2. The van der Waals surface area contributed by atoms with Gasteiger partial charge in [0.1, 0.15) is 0 Å². The molecule has 1 aliphatic rings. The van der Waals surface area contributed by atoms with E-state index < -0.39 is 5.97 Å². The van der Waals surface area contributed by atoms with Crippen molar-refractivity contribution in [3.05, 3.63) is 35.0 Å². The maximum atomic E-state index is 11.3. The van der Waals surface area contributed by atoms with E-state index in [9.17, 15) is 9.90 Å². The molecular weight excluding hydrogens is 264 g/mol. The van der Waals surface area contributed by atoms with Gasteiger partial charge < -0.3 is 9.67 Å². The van der Waals surface area contributed by atoms with E-state index in [0.717, 1.165) is 18.7 Å². The van der Waals surface area contributed by atoms with E-state index in [1.54, 1.807) is 0 Å². The molecule has 4 heteroatoms. The zero-order valence-electron chi connectivity index (χ0n) is 12.9. The van der Waals surface area contributed by atoms with Crippen molar-refractivity contribution >= 4 is 16.9 Å². The van der Waals surface area contributed by atoms with E-state index in [1.165, 1.54) is 22.0 Å². The predicted octanol–water partition coefficient (Wildman–Crippen LogP) is 2.78. The lowest BCUT2D eigenvalue weighted by Crippen LogP contribution is -2.15. The molecule has 0 spiro atoms. The van der Waals surface area contributed by atoms with Crippen LogP contribution in [-0.4, -0.2) is 27.6 Å². The van der Waals surface area contributed by atoms with Crippen molar-refractivity contribution in [2.45, 2.75) is 32.9 Å². The second-order valence-electron chi connectivity index (χ2n) is 6.22. The summed E-state index contributed by atoms with van der Waals surface area (Å²) in [7, 11) is 4.17. The lowest BCUT2D eigenvalue weighted by Gasteiger charge is -2.08. The number of carboxylic acid groups (broad SMARTS) is 1. The molecule has 0 fully saturated rings. The highest BCUT2D eigenvalue weighted by Crippen LogP contribution is 2.31. The fraction of sp³-hybridized carbons (Fsp3) is 0.471. The molecule has 2 heterocycles. The number of rotatable bonds is 4. The SMILES string of the molecule is CCC(Cc1cn(C)c2cc3c(cc12)CN(C)C3)C(=O)O. The first-order valence-electron chi connectivity index (χ1n) is 7.50. The van der Waals surface area contributed by atoms with Crippen LogP contribution in [-0.2, 0) is 31.4 Å². The van der Waals surface area contributed by atoms with Crippen LogP contribution in [0.25, 0.3) is 10.9 Å². The zero-order valence-corrected chi connectivity index (χ0v) is 12.9. The maximum Gasteiger partial charge on any atom is 0.306 e. The van der Waals surface area contributed by atoms with Crippen molar-refractivity contribution < 1.29 is 9.90 Å². The Morgan fingerprint density at radius 1 is 1.29 bits per heavy atom. The van der Waals surface area contributed by atoms with Crippen LogP contribution in [0.2, 0.25) is 0 Å². The van der Waals surface area contributed by atoms with Crippen LogP contribution < -0.4 is 0 Å². The lowest BCUT2D eigenvalue weighted by atomic mass is 9.95. The molecule has 1 aromatic heterocycles. The van der Waals surface area contributed by atoms with E-state index >= 15 is 0 Å². The first kappa shape index (κ1) is 14.1. The number of nitrogens with zero attached hydrogens (tertiary/aromatic N) is 2. The Morgan fingerprint density at radius 3 is 2.57 bits per heavy atom. The summed E-state index contributed by atoms with van der Waals surface area (Å²) in [6.45, 7) is 3.92. The zero-order chi connectivity index (χ0) is 15.1. The predicted molar refractivity (Wildman–Crippen MR) is 83.2 cm³/mol. The monoisotopic (exact) mass is 286 g/mol. The van der Waals surface area contributed by atoms with Crippen LogP contribution >= 0.6 is 0 Å². The summed E-state index contributed by atoms with van der Waals surface area (Å²) in [5, 5.41) is 10.5. The minimum Gasteiger partial charge on any atom is -0.481 e. The minimum absolute atomic E-state index is 0.300. The molecule has 4 nitrogen and oxygen atoms in total. The van der Waals surface area contributed by atoms with Gasteiger partial charge in [0.15, 0.2) is 0 Å². The molecule has 1 aliphatic heterocycles. The third-order valence-electron chi connectivity index (χ3n) is 4.58. The lowest BCUT2D eigenvalue weighted by molar-refractivity contribution is -0.141. The van der Waals surface area contributed by atoms with Crippen LogP contribution in [0.5, 0.6) is 0 Å². The summed E-state index contributed by atoms with van der Waals surface area (Å²) in [4.78, 5) is 13.6. The van der Waals surface area contributed by atoms with Gasteiger partial charge in [-0.05, 0) is 48.7 Å². The average molecular weight is 286 g/mol. The maximum absolute atomic E-state index is 11.3. The number of fused-ring (bicyclic) bond motifs is 2. The Hall–Kier alpha value is -1.81. The number of aromatic nitrogens is 1. The first-order valence-corrected chi connectivity index (χ1v) is 7.50. The van der Waals surface area contributed by atoms with Crippen molar-refractivity contribution in [2.75, 3.05) is 7.05 Å². The molecule has 3 rings (SSSR count). The summed E-state index contributed by atoms with van der Waals surface area (Å²) in [6, 6.07) is 4.53. The molecule has 0 aliphatic carbocycles. The van der Waals surface area contributed by atoms with Crippen LogP contribution in [0.15, 0.2) is 18.3 Å². The number of carboxylic acids is 1. The average Bonchev–Trinajstić information content (AvgIpc) is 2.93. The third-order valence-corrected chi connectivity index (χ3v) is 4.58. The largest absolute Gasteiger partial charge is 0.481 e. The van der Waals surface area contributed by atoms with Crippen molar-refractivity contribution in [1.82, 2.24) is 9.47 Å². The highest BCUT2D eigenvalue weighted by atomic mass is 16.4. The standard InChI is InChI=1S/C17H22N2O2/c1-4-11(17(20)21)5-14-10-19(3)16-7-13-9-18(2)8-12(13)6-15(14)16/h6-7,10-11H,4-5,8-9H2,1-3H3,(H,20,21). The van der Waals surface area contributed by atoms with E-state index in [-0.39, 0.29) is 5.92 Å². The van der Waals surface area contributed by atoms with Gasteiger partial charge in [-0.1, -0.05) is 6.92 Å². The number of benzene rings is 1. The summed E-state index contributed by atoms with van der Waals surface area (Å²) < 4.78 is 2.12. The van der Waals surface area contributed by atoms with E-state index in [2.05, 4.69) is 34.8 Å². The highest BCUT2D eigenvalue weighted by molar-refractivity contribution is 5.86. The summed E-state index contributed by atoms with van der Waals surface area (Å²) in [5.74, 6) is -0.998. The molecule has 1 unspecified atom stereocenters. The van der Waals surface area contributed by atoms with Gasteiger partial charge in [-0.2, -0.15) is 0 Å². The second kappa shape index (κ2) is 5.19. The Kier molecular flexibility index (Phi) is 3.49. The minimum atomic E-state index is -0.699. The molecule has 1 atom stereocenters. The van der Waals surface area contributed by atoms with E-state index in [1.807, 2.05) is 14.0 Å². The topological polar surface area (TPSA) is 45.5 Å². The van der Waals surface area contributed by atoms with Gasteiger partial charge in [0.05, 0.1) is 5.92 Å². The smallest absolute Gasteiger partial charge is 0.306 e. The molecule has 0 saturated heterocycles. The van der Waals surface area contributed by atoms with Crippen molar-refractivity contribution in [1.29, 1.82) is 0 Å². The molecule has 0 saturated carbocycles. The molecule has 1 N–H and O–H groups in total. The molecule has 21 heavy (non-hydrogen) atoms. The Labute approximate surface area is 125 Å². The van der Waals surface area contributed by atoms with Gasteiger partial charge in [-0.25, -0.2) is 0 Å². The van der Waals surface area contributed by atoms with Crippen LogP contribution in [0.1, 0.15) is 30.0 Å². The molecule has 2 aromatic rings. The van der Waals surface area contributed by atoms with E-state index in [4.69, 9.17) is 0 Å². The Balaban J connectivity index is 2.04. The molecule has 0 radical (unpaired) electrons. The van der Waals surface area contributed by atoms with Crippen LogP contribution in [0, 0.1) is 5.92 Å². The molecule has 112 valence electrons. The first-order chi connectivity index (χ1) is 9.99. The summed E-state index contributed by atoms with van der Waals surface area (Å²) in [5.41, 5.74) is 5.13. The summed E-state index contributed by atoms with van der Waals surface area (Å²) in [6.07, 6.45) is 3.37. The van der Waals surface area contributed by atoms with Gasteiger partial charge in [-0.3, -0.25) is 9.69 Å². The number of hydrogen-bond donors (Lipinski definition) is 1. The van der Waals surface area contributed by atoms with E-state index in [0.29, 0.717) is 12.8 Å². The second-order valence-corrected chi connectivity index (χ2v) is 6.22. The summed E-state index contributed by atoms with van der Waals surface area (Å²) >= 11 is 0. The molecule has 0 bridgehead atoms. The number of carbonyl (C=O) groups is 1. The quantitative estimate of drug-likeness (QED) is 0.940. The highest BCUT2D eigenvalue weighted by Gasteiger charge is 2.21. The molecule has 0 amide bonds. The number of aryl methyl sites for hydroxylation is 1. The van der Waals surface area contributed by atoms with Crippen molar-refractivity contribution in [3.63, 3.8) is 0 Å². The van der Waals surface area contributed by atoms with Gasteiger partial charge in [-0.15, -0.1) is 0 Å². The van der Waals surface area contributed by atoms with Crippen LogP contribution in [0.4, 0.5) is 0 Å². The van der Waals surface area contributed by atoms with Gasteiger partial charge in [0, 0.05) is 37.2 Å². The van der Waals surface area contributed by atoms with Crippen LogP contribution in [0.3, 0.4) is 0 Å². The van der Waals surface area contributed by atoms with Crippen molar-refractivity contribution in [3.8, 4) is 0 Å². The molecule has 1 aromatic carbocycles. The van der Waals surface area contributed by atoms with Crippen molar-refractivity contribution in [2.24, 2.45) is 13.0 Å². The van der Waals surface area contributed by atoms with Gasteiger partial charge in [0.25, 0.3) is 0 Å².